The van der Waals surface area contributed by atoms with Gasteiger partial charge in [0.05, 0.1) is 0 Å². The summed E-state index contributed by atoms with van der Waals surface area (Å²) in [6, 6.07) is 8.73. The first-order valence-electron chi connectivity index (χ1n) is 6.56. The van der Waals surface area contributed by atoms with Crippen molar-refractivity contribution in [1.82, 2.24) is 4.90 Å². The lowest BCUT2D eigenvalue weighted by Crippen LogP contribution is -2.43. The van der Waals surface area contributed by atoms with E-state index < -0.39 is 0 Å². The van der Waals surface area contributed by atoms with Crippen LogP contribution in [0.4, 0.5) is 5.69 Å². The van der Waals surface area contributed by atoms with Crippen LogP contribution in [-0.2, 0) is 6.54 Å². The molecule has 0 aliphatic heterocycles. The Labute approximate surface area is 112 Å². The maximum atomic E-state index is 5.70. The Bertz CT molecular complexity index is 349. The van der Waals surface area contributed by atoms with Gasteiger partial charge in [0.15, 0.2) is 0 Å². The lowest BCUT2D eigenvalue weighted by molar-refractivity contribution is 0.132. The van der Waals surface area contributed by atoms with Gasteiger partial charge in [0, 0.05) is 45.0 Å². The second kappa shape index (κ2) is 6.21. The molecule has 0 radical (unpaired) electrons. The van der Waals surface area contributed by atoms with Crippen LogP contribution in [0.5, 0.6) is 0 Å². The molecule has 2 N–H and O–H groups in total. The van der Waals surface area contributed by atoms with Crippen LogP contribution < -0.4 is 10.6 Å². The molecule has 0 aromatic heterocycles. The second-order valence-electron chi connectivity index (χ2n) is 5.94. The molecule has 1 aromatic carbocycles. The van der Waals surface area contributed by atoms with Crippen LogP contribution in [0.1, 0.15) is 26.3 Å². The van der Waals surface area contributed by atoms with Gasteiger partial charge in [-0.2, -0.15) is 0 Å². The summed E-state index contributed by atoms with van der Waals surface area (Å²) in [6.45, 7) is 9.28. The highest BCUT2D eigenvalue weighted by Gasteiger charge is 2.20. The van der Waals surface area contributed by atoms with Gasteiger partial charge < -0.3 is 10.6 Å². The first-order valence-corrected chi connectivity index (χ1v) is 6.56. The van der Waals surface area contributed by atoms with Gasteiger partial charge in [-0.15, -0.1) is 0 Å². The molecule has 0 heterocycles. The van der Waals surface area contributed by atoms with Gasteiger partial charge in [0.1, 0.15) is 0 Å². The summed E-state index contributed by atoms with van der Waals surface area (Å²) < 4.78 is 0. The zero-order chi connectivity index (χ0) is 13.8. The van der Waals surface area contributed by atoms with Crippen molar-refractivity contribution in [3.8, 4) is 0 Å². The zero-order valence-electron chi connectivity index (χ0n) is 12.4. The van der Waals surface area contributed by atoms with Gasteiger partial charge in [0.2, 0.25) is 0 Å². The van der Waals surface area contributed by atoms with E-state index in [2.05, 4.69) is 68.9 Å². The molecule has 0 saturated carbocycles. The van der Waals surface area contributed by atoms with Gasteiger partial charge in [-0.3, -0.25) is 4.90 Å². The summed E-state index contributed by atoms with van der Waals surface area (Å²) in [4.78, 5) is 4.53. The predicted molar refractivity (Wildman–Crippen MR) is 80.0 cm³/mol. The van der Waals surface area contributed by atoms with Crippen molar-refractivity contribution in [3.63, 3.8) is 0 Å². The summed E-state index contributed by atoms with van der Waals surface area (Å²) in [6.07, 6.45) is 0. The minimum absolute atomic E-state index is 0.152. The molecule has 3 heteroatoms. The number of nitrogens with two attached hydrogens (primary N) is 1. The van der Waals surface area contributed by atoms with Crippen LogP contribution in [0.2, 0.25) is 0 Å². The fourth-order valence-electron chi connectivity index (χ4n) is 1.93. The Kier molecular flexibility index (Phi) is 5.17. The van der Waals surface area contributed by atoms with E-state index in [9.17, 15) is 0 Å². The Morgan fingerprint density at radius 3 is 2.00 bits per heavy atom. The SMILES string of the molecule is CN(C)c1ccc(CN(CCN)C(C)(C)C)cc1. The van der Waals surface area contributed by atoms with Crippen LogP contribution in [0.15, 0.2) is 24.3 Å². The molecule has 0 aliphatic carbocycles. The standard InChI is InChI=1S/C15H27N3/c1-15(2,3)18(11-10-16)12-13-6-8-14(9-7-13)17(4)5/h6-9H,10-12,16H2,1-5H3. The van der Waals surface area contributed by atoms with E-state index in [4.69, 9.17) is 5.73 Å². The molecule has 1 rings (SSSR count). The van der Waals surface area contributed by atoms with Gasteiger partial charge in [0.25, 0.3) is 0 Å². The molecule has 0 amide bonds. The molecule has 0 bridgehead atoms. The lowest BCUT2D eigenvalue weighted by atomic mass is 10.0. The Morgan fingerprint density at radius 1 is 1.06 bits per heavy atom. The van der Waals surface area contributed by atoms with Gasteiger partial charge >= 0.3 is 0 Å². The quantitative estimate of drug-likeness (QED) is 0.869. The highest BCUT2D eigenvalue weighted by molar-refractivity contribution is 5.45. The zero-order valence-corrected chi connectivity index (χ0v) is 12.4. The molecule has 0 saturated heterocycles. The first-order chi connectivity index (χ1) is 8.34. The number of benzene rings is 1. The number of hydrogen-bond donors (Lipinski definition) is 1. The van der Waals surface area contributed by atoms with Crippen molar-refractivity contribution >= 4 is 5.69 Å². The molecular formula is C15H27N3. The molecule has 18 heavy (non-hydrogen) atoms. The third-order valence-electron chi connectivity index (χ3n) is 3.17. The molecule has 0 unspecified atom stereocenters. The summed E-state index contributed by atoms with van der Waals surface area (Å²) in [5, 5.41) is 0. The van der Waals surface area contributed by atoms with E-state index in [0.717, 1.165) is 13.1 Å². The van der Waals surface area contributed by atoms with Crippen molar-refractivity contribution < 1.29 is 0 Å². The number of hydrogen-bond acceptors (Lipinski definition) is 3. The maximum absolute atomic E-state index is 5.70. The summed E-state index contributed by atoms with van der Waals surface area (Å²) >= 11 is 0. The maximum Gasteiger partial charge on any atom is 0.0361 e. The molecule has 1 aromatic rings. The minimum atomic E-state index is 0.152. The lowest BCUT2D eigenvalue weighted by Gasteiger charge is -2.35. The van der Waals surface area contributed by atoms with E-state index in [-0.39, 0.29) is 5.54 Å². The van der Waals surface area contributed by atoms with E-state index in [1.54, 1.807) is 0 Å². The fourth-order valence-corrected chi connectivity index (χ4v) is 1.93. The third kappa shape index (κ3) is 4.31. The van der Waals surface area contributed by atoms with Gasteiger partial charge in [-0.05, 0) is 38.5 Å². The van der Waals surface area contributed by atoms with Crippen LogP contribution in [0.25, 0.3) is 0 Å². The number of rotatable bonds is 5. The van der Waals surface area contributed by atoms with Crippen LogP contribution >= 0.6 is 0 Å². The molecule has 0 spiro atoms. The van der Waals surface area contributed by atoms with Crippen molar-refractivity contribution in [3.05, 3.63) is 29.8 Å². The topological polar surface area (TPSA) is 32.5 Å². The molecular weight excluding hydrogens is 222 g/mol. The summed E-state index contributed by atoms with van der Waals surface area (Å²) in [5.41, 5.74) is 8.42. The Morgan fingerprint density at radius 2 is 1.61 bits per heavy atom. The number of nitrogens with zero attached hydrogens (tertiary/aromatic N) is 2. The molecule has 0 aliphatic rings. The first kappa shape index (κ1) is 15.0. The third-order valence-corrected chi connectivity index (χ3v) is 3.17. The van der Waals surface area contributed by atoms with E-state index in [0.29, 0.717) is 6.54 Å². The van der Waals surface area contributed by atoms with Crippen LogP contribution in [-0.4, -0.2) is 37.6 Å². The summed E-state index contributed by atoms with van der Waals surface area (Å²) in [7, 11) is 4.12. The van der Waals surface area contributed by atoms with Gasteiger partial charge in [-0.1, -0.05) is 12.1 Å². The van der Waals surface area contributed by atoms with E-state index in [1.807, 2.05) is 0 Å². The largest absolute Gasteiger partial charge is 0.378 e. The normalized spacial score (nSPS) is 11.9. The number of anilines is 1. The average molecular weight is 249 g/mol. The predicted octanol–water partition coefficient (Wildman–Crippen LogP) is 2.31. The molecule has 3 nitrogen and oxygen atoms in total. The minimum Gasteiger partial charge on any atom is -0.378 e. The summed E-state index contributed by atoms with van der Waals surface area (Å²) in [5.74, 6) is 0. The smallest absolute Gasteiger partial charge is 0.0361 e. The second-order valence-corrected chi connectivity index (χ2v) is 5.94. The van der Waals surface area contributed by atoms with Crippen LogP contribution in [0.3, 0.4) is 0 Å². The monoisotopic (exact) mass is 249 g/mol. The van der Waals surface area contributed by atoms with Gasteiger partial charge in [-0.25, -0.2) is 0 Å². The molecule has 102 valence electrons. The molecule has 0 atom stereocenters. The molecule has 0 fully saturated rings. The van der Waals surface area contributed by atoms with Crippen molar-refractivity contribution in [2.24, 2.45) is 5.73 Å². The highest BCUT2D eigenvalue weighted by Crippen LogP contribution is 2.18. The van der Waals surface area contributed by atoms with E-state index in [1.165, 1.54) is 11.3 Å². The Balaban J connectivity index is 2.75. The van der Waals surface area contributed by atoms with Crippen LogP contribution in [0, 0.1) is 0 Å². The van der Waals surface area contributed by atoms with Crippen molar-refractivity contribution in [1.29, 1.82) is 0 Å². The fraction of sp³-hybridized carbons (Fsp3) is 0.600. The van der Waals surface area contributed by atoms with Crippen molar-refractivity contribution in [2.75, 3.05) is 32.1 Å². The average Bonchev–Trinajstić information content (AvgIpc) is 2.28. The highest BCUT2D eigenvalue weighted by atomic mass is 15.2. The van der Waals surface area contributed by atoms with E-state index >= 15 is 0 Å². The van der Waals surface area contributed by atoms with Crippen molar-refractivity contribution in [2.45, 2.75) is 32.9 Å². The Hall–Kier alpha value is -1.06.